The fourth-order valence-corrected chi connectivity index (χ4v) is 3.94. The summed E-state index contributed by atoms with van der Waals surface area (Å²) in [6.45, 7) is 15.2. The van der Waals surface area contributed by atoms with Gasteiger partial charge in [0.1, 0.15) is 17.9 Å². The third kappa shape index (κ3) is 6.34. The van der Waals surface area contributed by atoms with Gasteiger partial charge in [0.2, 0.25) is 0 Å². The molecule has 0 saturated carbocycles. The number of benzene rings is 1. The van der Waals surface area contributed by atoms with Crippen LogP contribution in [0.1, 0.15) is 52.2 Å². The quantitative estimate of drug-likeness (QED) is 0.487. The minimum Gasteiger partial charge on any atom is -0.456 e. The van der Waals surface area contributed by atoms with Gasteiger partial charge in [-0.1, -0.05) is 57.5 Å². The number of carbonyl (C=O) groups excluding carboxylic acids is 2. The first kappa shape index (κ1) is 32.3. The first-order valence-electron chi connectivity index (χ1n) is 11.0. The van der Waals surface area contributed by atoms with Crippen LogP contribution < -0.4 is 16.8 Å². The second-order valence-electron chi connectivity index (χ2n) is 6.74. The average molecular weight is 457 g/mol. The molecule has 3 fully saturated rings. The third-order valence-corrected chi connectivity index (χ3v) is 5.23. The Morgan fingerprint density at radius 3 is 2.31 bits per heavy atom. The first-order chi connectivity index (χ1) is 15.4. The summed E-state index contributed by atoms with van der Waals surface area (Å²) in [5, 5.41) is 12.0. The fourth-order valence-electron chi connectivity index (χ4n) is 3.94. The Balaban J connectivity index is 0. The van der Waals surface area contributed by atoms with Crippen molar-refractivity contribution in [3.63, 3.8) is 0 Å². The maximum absolute atomic E-state index is 12.4. The molecule has 3 aliphatic rings. The lowest BCUT2D eigenvalue weighted by Gasteiger charge is -2.43. The van der Waals surface area contributed by atoms with Crippen LogP contribution in [0.15, 0.2) is 24.3 Å². The highest BCUT2D eigenvalue weighted by molar-refractivity contribution is 5.82. The van der Waals surface area contributed by atoms with Gasteiger partial charge in [0, 0.05) is 20.1 Å². The standard InChI is InChI=1S/C16H21N3O3.2C2H6.CH5N.CH4O.CH2O/c1-10-4-3-5-11(8-10)9-19-12-13(20)21-15(2)6-7-18-14(22-19)16(12,15)17;5*1-2/h3-5,8,12,14,18H,6-7,9,17H2,1-2H3;2*1-2H3;2H2,1H3;2H,1H3;1H2. The van der Waals surface area contributed by atoms with E-state index in [0.717, 1.165) is 19.2 Å². The van der Waals surface area contributed by atoms with E-state index in [0.29, 0.717) is 13.0 Å². The van der Waals surface area contributed by atoms with E-state index in [2.05, 4.69) is 17.1 Å². The molecule has 0 bridgehead atoms. The number of piperidine rings is 1. The molecule has 32 heavy (non-hydrogen) atoms. The van der Waals surface area contributed by atoms with E-state index < -0.39 is 23.4 Å². The second kappa shape index (κ2) is 15.8. The Kier molecular flexibility index (Phi) is 16.0. The van der Waals surface area contributed by atoms with Gasteiger partial charge >= 0.3 is 5.97 Å². The second-order valence-corrected chi connectivity index (χ2v) is 6.74. The molecule has 0 spiro atoms. The highest BCUT2D eigenvalue weighted by Gasteiger charge is 2.73. The molecule has 4 rings (SSSR count). The van der Waals surface area contributed by atoms with Crippen LogP contribution in [0.3, 0.4) is 0 Å². The van der Waals surface area contributed by atoms with Gasteiger partial charge in [-0.3, -0.25) is 14.9 Å². The molecule has 0 aromatic heterocycles. The first-order valence-corrected chi connectivity index (χ1v) is 11.0. The largest absolute Gasteiger partial charge is 0.456 e. The summed E-state index contributed by atoms with van der Waals surface area (Å²) in [6, 6.07) is 7.58. The molecule has 1 aromatic rings. The van der Waals surface area contributed by atoms with E-state index >= 15 is 0 Å². The minimum absolute atomic E-state index is 0.288. The number of hydroxylamine groups is 2. The molecule has 6 N–H and O–H groups in total. The van der Waals surface area contributed by atoms with Gasteiger partial charge in [0.05, 0.1) is 6.54 Å². The van der Waals surface area contributed by atoms with Crippen molar-refractivity contribution < 1.29 is 24.3 Å². The summed E-state index contributed by atoms with van der Waals surface area (Å²) >= 11 is 0. The molecule has 9 heteroatoms. The van der Waals surface area contributed by atoms with Crippen molar-refractivity contribution in [1.29, 1.82) is 0 Å². The SMILES string of the molecule is C=O.CC.CC.CN.CO.Cc1cccc(CN2OC3NCCC4(C)OC(=O)C2C34N)c1. The molecule has 9 nitrogen and oxygen atoms in total. The Labute approximate surface area is 193 Å². The number of nitrogens with two attached hydrogens (primary N) is 2. The molecular formula is C23H44N4O5. The number of aliphatic hydroxyl groups excluding tert-OH is 1. The van der Waals surface area contributed by atoms with Gasteiger partial charge in [-0.05, 0) is 26.5 Å². The lowest BCUT2D eigenvalue weighted by atomic mass is 9.73. The summed E-state index contributed by atoms with van der Waals surface area (Å²) in [4.78, 5) is 26.4. The van der Waals surface area contributed by atoms with E-state index in [4.69, 9.17) is 25.2 Å². The molecule has 1 aromatic carbocycles. The number of esters is 1. The van der Waals surface area contributed by atoms with Gasteiger partial charge in [0.15, 0.2) is 12.3 Å². The fraction of sp³-hybridized carbons (Fsp3) is 0.652. The van der Waals surface area contributed by atoms with E-state index in [1.165, 1.54) is 12.6 Å². The van der Waals surface area contributed by atoms with Crippen LogP contribution >= 0.6 is 0 Å². The van der Waals surface area contributed by atoms with Crippen LogP contribution in [0.25, 0.3) is 0 Å². The van der Waals surface area contributed by atoms with E-state index in [9.17, 15) is 4.79 Å². The van der Waals surface area contributed by atoms with Crippen molar-refractivity contribution in [2.24, 2.45) is 11.5 Å². The molecule has 4 atom stereocenters. The van der Waals surface area contributed by atoms with Gasteiger partial charge in [-0.15, -0.1) is 0 Å². The predicted octanol–water partition coefficient (Wildman–Crippen LogP) is 1.49. The van der Waals surface area contributed by atoms with Crippen LogP contribution in [-0.4, -0.2) is 67.0 Å². The summed E-state index contributed by atoms with van der Waals surface area (Å²) < 4.78 is 5.66. The van der Waals surface area contributed by atoms with Gasteiger partial charge < -0.3 is 26.1 Å². The highest BCUT2D eigenvalue weighted by Crippen LogP contribution is 2.48. The molecule has 0 radical (unpaired) electrons. The monoisotopic (exact) mass is 456 g/mol. The number of aryl methyl sites for hydroxylation is 1. The lowest BCUT2D eigenvalue weighted by molar-refractivity contribution is -0.209. The van der Waals surface area contributed by atoms with E-state index in [1.807, 2.05) is 66.5 Å². The van der Waals surface area contributed by atoms with Crippen LogP contribution in [0, 0.1) is 6.92 Å². The van der Waals surface area contributed by atoms with E-state index in [-0.39, 0.29) is 5.97 Å². The lowest BCUT2D eigenvalue weighted by Crippen LogP contribution is -2.72. The van der Waals surface area contributed by atoms with Crippen LogP contribution in [0.2, 0.25) is 0 Å². The average Bonchev–Trinajstić information content (AvgIpc) is 3.25. The summed E-state index contributed by atoms with van der Waals surface area (Å²) in [5.74, 6) is -0.288. The van der Waals surface area contributed by atoms with Crippen molar-refractivity contribution in [3.8, 4) is 0 Å². The van der Waals surface area contributed by atoms with Crippen molar-refractivity contribution in [2.75, 3.05) is 20.7 Å². The molecule has 186 valence electrons. The molecule has 4 unspecified atom stereocenters. The van der Waals surface area contributed by atoms with Crippen molar-refractivity contribution in [1.82, 2.24) is 10.4 Å². The summed E-state index contributed by atoms with van der Waals surface area (Å²) in [6.07, 6.45) is 0.302. The summed E-state index contributed by atoms with van der Waals surface area (Å²) in [5.41, 5.74) is 11.9. The van der Waals surface area contributed by atoms with E-state index in [1.54, 1.807) is 5.06 Å². The number of nitrogens with zero attached hydrogens (tertiary/aromatic N) is 1. The number of nitrogens with one attached hydrogen (secondary N) is 1. The zero-order chi connectivity index (χ0) is 25.5. The minimum atomic E-state index is -0.855. The predicted molar refractivity (Wildman–Crippen MR) is 127 cm³/mol. The topological polar surface area (TPSA) is 140 Å². The van der Waals surface area contributed by atoms with Gasteiger partial charge in [-0.25, -0.2) is 0 Å². The maximum Gasteiger partial charge on any atom is 0.328 e. The highest BCUT2D eigenvalue weighted by atomic mass is 16.7. The Morgan fingerprint density at radius 2 is 1.78 bits per heavy atom. The number of rotatable bonds is 2. The summed E-state index contributed by atoms with van der Waals surface area (Å²) in [7, 11) is 2.50. The number of ether oxygens (including phenoxy) is 1. The van der Waals surface area contributed by atoms with Crippen molar-refractivity contribution in [3.05, 3.63) is 35.4 Å². The molecule has 3 saturated heterocycles. The Bertz CT molecular complexity index is 663. The molecule has 3 aliphatic heterocycles. The number of aliphatic hydroxyl groups is 1. The van der Waals surface area contributed by atoms with Crippen molar-refractivity contribution in [2.45, 2.75) is 77.9 Å². The molecular weight excluding hydrogens is 412 g/mol. The zero-order valence-electron chi connectivity index (χ0n) is 21.0. The van der Waals surface area contributed by atoms with Crippen LogP contribution in [-0.2, 0) is 25.7 Å². The smallest absolute Gasteiger partial charge is 0.328 e. The normalized spacial score (nSPS) is 28.8. The molecule has 0 amide bonds. The van der Waals surface area contributed by atoms with Crippen molar-refractivity contribution >= 4 is 12.8 Å². The molecule has 0 aliphatic carbocycles. The number of hydrogen-bond acceptors (Lipinski definition) is 9. The van der Waals surface area contributed by atoms with Crippen LogP contribution in [0.4, 0.5) is 0 Å². The Morgan fingerprint density at radius 1 is 1.22 bits per heavy atom. The number of carbonyl (C=O) groups is 2. The molecule has 3 heterocycles. The van der Waals surface area contributed by atoms with Gasteiger partial charge in [-0.2, -0.15) is 5.06 Å². The zero-order valence-corrected chi connectivity index (χ0v) is 21.0. The third-order valence-electron chi connectivity index (χ3n) is 5.23. The van der Waals surface area contributed by atoms with Crippen LogP contribution in [0.5, 0.6) is 0 Å². The van der Waals surface area contributed by atoms with Gasteiger partial charge in [0.25, 0.3) is 0 Å². The maximum atomic E-state index is 12.4. The number of hydrogen-bond donors (Lipinski definition) is 4. The Hall–Kier alpha value is -1.88.